The summed E-state index contributed by atoms with van der Waals surface area (Å²) in [5, 5.41) is 0.311. The molecule has 1 fully saturated rings. The highest BCUT2D eigenvalue weighted by molar-refractivity contribution is 5.90. The quantitative estimate of drug-likeness (QED) is 0.386. The highest BCUT2D eigenvalue weighted by Crippen LogP contribution is 2.41. The summed E-state index contributed by atoms with van der Waals surface area (Å²) in [7, 11) is 10.5. The molecule has 1 aliphatic rings. The Balaban J connectivity index is 1.65. The first kappa shape index (κ1) is 24.4. The van der Waals surface area contributed by atoms with Crippen LogP contribution in [0.4, 0.5) is 11.6 Å². The van der Waals surface area contributed by atoms with Crippen LogP contribution in [0, 0.1) is 5.92 Å². The summed E-state index contributed by atoms with van der Waals surface area (Å²) < 4.78 is 16.3. The van der Waals surface area contributed by atoms with Crippen molar-refractivity contribution in [2.75, 3.05) is 47.4 Å². The lowest BCUT2D eigenvalue weighted by Gasteiger charge is -2.31. The average molecular weight is 480 g/mol. The zero-order valence-corrected chi connectivity index (χ0v) is 21.2. The Bertz CT molecular complexity index is 1300. The van der Waals surface area contributed by atoms with Gasteiger partial charge in [0.25, 0.3) is 5.56 Å². The predicted molar refractivity (Wildman–Crippen MR) is 139 cm³/mol. The lowest BCUT2D eigenvalue weighted by molar-refractivity contribution is 0.327. The molecule has 1 heterocycles. The first-order valence-corrected chi connectivity index (χ1v) is 11.6. The summed E-state index contributed by atoms with van der Waals surface area (Å²) >= 11 is 0. The Hall–Kier alpha value is -3.75. The topological polar surface area (TPSA) is 92.3 Å². The van der Waals surface area contributed by atoms with Gasteiger partial charge in [-0.25, -0.2) is 4.99 Å². The van der Waals surface area contributed by atoms with Gasteiger partial charge in [0.1, 0.15) is 11.2 Å². The molecule has 0 unspecified atom stereocenters. The van der Waals surface area contributed by atoms with Gasteiger partial charge < -0.3 is 29.0 Å². The summed E-state index contributed by atoms with van der Waals surface area (Å²) in [6, 6.07) is 9.87. The van der Waals surface area contributed by atoms with E-state index >= 15 is 0 Å². The van der Waals surface area contributed by atoms with Crippen LogP contribution in [0.25, 0.3) is 10.9 Å². The van der Waals surface area contributed by atoms with Gasteiger partial charge in [-0.3, -0.25) is 4.79 Å². The highest BCUT2D eigenvalue weighted by Gasteiger charge is 2.25. The van der Waals surface area contributed by atoms with Crippen LogP contribution in [0.5, 0.6) is 17.2 Å². The maximum Gasteiger partial charge on any atom is 0.286 e. The van der Waals surface area contributed by atoms with Crippen molar-refractivity contribution >= 4 is 28.4 Å². The molecular formula is C26H33N5O4. The fourth-order valence-electron chi connectivity index (χ4n) is 4.38. The number of benzene rings is 2. The number of fused-ring (bicyclic) bond motifs is 1. The van der Waals surface area contributed by atoms with Crippen molar-refractivity contribution in [3.8, 4) is 17.2 Å². The van der Waals surface area contributed by atoms with Gasteiger partial charge in [0, 0.05) is 39.7 Å². The smallest absolute Gasteiger partial charge is 0.286 e. The summed E-state index contributed by atoms with van der Waals surface area (Å²) in [6.07, 6.45) is 3.66. The monoisotopic (exact) mass is 479 g/mol. The summed E-state index contributed by atoms with van der Waals surface area (Å²) in [4.78, 5) is 29.5. The lowest BCUT2D eigenvalue weighted by atomic mass is 9.84. The molecule has 0 saturated heterocycles. The maximum atomic E-state index is 13.0. The van der Waals surface area contributed by atoms with Crippen LogP contribution in [-0.4, -0.2) is 63.2 Å². The van der Waals surface area contributed by atoms with Gasteiger partial charge in [0.2, 0.25) is 11.7 Å². The standard InChI is InChI=1S/C26H33N5O4/c1-30(2)24(17-10-8-11-17)27-18-12-7-9-16(13-18)15-31(3)26-28-19-14-20(33-4)22(34-5)23(35-6)21(19)25(32)29-26/h7,9,12-14,17H,8,10-11,15H2,1-6H3,(H,28,29,32)/b27-24+. The molecule has 9 nitrogen and oxygen atoms in total. The van der Waals surface area contributed by atoms with Gasteiger partial charge in [-0.1, -0.05) is 18.6 Å². The second-order valence-electron chi connectivity index (χ2n) is 8.95. The van der Waals surface area contributed by atoms with Crippen LogP contribution in [0.3, 0.4) is 0 Å². The van der Waals surface area contributed by atoms with Crippen molar-refractivity contribution in [2.45, 2.75) is 25.8 Å². The number of anilines is 1. The minimum absolute atomic E-state index is 0.290. The molecule has 3 aromatic rings. The number of amidine groups is 1. The molecule has 1 N–H and O–H groups in total. The number of hydrogen-bond acceptors (Lipinski definition) is 7. The molecule has 35 heavy (non-hydrogen) atoms. The van der Waals surface area contributed by atoms with E-state index in [4.69, 9.17) is 19.2 Å². The number of methoxy groups -OCH3 is 3. The molecule has 1 aromatic heterocycles. The third-order valence-corrected chi connectivity index (χ3v) is 6.36. The van der Waals surface area contributed by atoms with E-state index in [9.17, 15) is 4.79 Å². The maximum absolute atomic E-state index is 13.0. The Labute approximate surface area is 205 Å². The minimum Gasteiger partial charge on any atom is -0.493 e. The van der Waals surface area contributed by atoms with Gasteiger partial charge in [0.15, 0.2) is 11.5 Å². The van der Waals surface area contributed by atoms with E-state index in [1.54, 1.807) is 6.07 Å². The Kier molecular flexibility index (Phi) is 7.14. The fourth-order valence-corrected chi connectivity index (χ4v) is 4.38. The lowest BCUT2D eigenvalue weighted by Crippen LogP contribution is -2.33. The molecule has 0 spiro atoms. The molecule has 186 valence electrons. The van der Waals surface area contributed by atoms with Crippen LogP contribution in [-0.2, 0) is 6.54 Å². The van der Waals surface area contributed by atoms with Crippen molar-refractivity contribution in [3.63, 3.8) is 0 Å². The molecule has 9 heteroatoms. The fraction of sp³-hybridized carbons (Fsp3) is 0.423. The van der Waals surface area contributed by atoms with E-state index in [0.29, 0.717) is 46.6 Å². The van der Waals surface area contributed by atoms with E-state index in [1.165, 1.54) is 40.6 Å². The van der Waals surface area contributed by atoms with Gasteiger partial charge in [-0.05, 0) is 30.5 Å². The van der Waals surface area contributed by atoms with Crippen molar-refractivity contribution < 1.29 is 14.2 Å². The number of nitrogens with one attached hydrogen (secondary N) is 1. The number of aromatic amines is 1. The van der Waals surface area contributed by atoms with E-state index in [1.807, 2.05) is 30.1 Å². The average Bonchev–Trinajstić information content (AvgIpc) is 2.81. The molecular weight excluding hydrogens is 446 g/mol. The normalized spacial score (nSPS) is 13.9. The number of hydrogen-bond donors (Lipinski definition) is 1. The van der Waals surface area contributed by atoms with Crippen molar-refractivity contribution in [2.24, 2.45) is 10.9 Å². The molecule has 1 saturated carbocycles. The molecule has 0 aliphatic heterocycles. The first-order chi connectivity index (χ1) is 16.9. The van der Waals surface area contributed by atoms with Gasteiger partial charge in [0.05, 0.1) is 32.5 Å². The molecule has 2 aromatic carbocycles. The van der Waals surface area contributed by atoms with Crippen LogP contribution >= 0.6 is 0 Å². The number of rotatable bonds is 8. The summed E-state index contributed by atoms with van der Waals surface area (Å²) in [6.45, 7) is 0.545. The van der Waals surface area contributed by atoms with Gasteiger partial charge in [-0.15, -0.1) is 0 Å². The highest BCUT2D eigenvalue weighted by atomic mass is 16.5. The number of H-pyrrole nitrogens is 1. The number of aromatic nitrogens is 2. The summed E-state index contributed by atoms with van der Waals surface area (Å²) in [5.41, 5.74) is 2.13. The van der Waals surface area contributed by atoms with Crippen LogP contribution in [0.15, 0.2) is 40.1 Å². The van der Waals surface area contributed by atoms with Gasteiger partial charge >= 0.3 is 0 Å². The zero-order valence-electron chi connectivity index (χ0n) is 21.2. The largest absolute Gasteiger partial charge is 0.493 e. The second-order valence-corrected chi connectivity index (χ2v) is 8.95. The van der Waals surface area contributed by atoms with E-state index in [-0.39, 0.29) is 0 Å². The molecule has 0 radical (unpaired) electrons. The Morgan fingerprint density at radius 1 is 1.09 bits per heavy atom. The summed E-state index contributed by atoms with van der Waals surface area (Å²) in [5.74, 6) is 3.21. The third kappa shape index (κ3) is 4.89. The van der Waals surface area contributed by atoms with Crippen LogP contribution in [0.2, 0.25) is 0 Å². The van der Waals surface area contributed by atoms with E-state index in [2.05, 4.69) is 35.0 Å². The minimum atomic E-state index is -0.409. The third-order valence-electron chi connectivity index (χ3n) is 6.36. The van der Waals surface area contributed by atoms with E-state index in [0.717, 1.165) is 17.1 Å². The molecule has 0 bridgehead atoms. The molecule has 1 aliphatic carbocycles. The Morgan fingerprint density at radius 3 is 2.43 bits per heavy atom. The van der Waals surface area contributed by atoms with Crippen molar-refractivity contribution in [3.05, 3.63) is 46.2 Å². The van der Waals surface area contributed by atoms with Crippen LogP contribution < -0.4 is 24.7 Å². The zero-order chi connectivity index (χ0) is 25.1. The second kappa shape index (κ2) is 10.2. The van der Waals surface area contributed by atoms with Crippen molar-refractivity contribution in [1.82, 2.24) is 14.9 Å². The van der Waals surface area contributed by atoms with Crippen molar-refractivity contribution in [1.29, 1.82) is 0 Å². The van der Waals surface area contributed by atoms with Crippen LogP contribution in [0.1, 0.15) is 24.8 Å². The number of aliphatic imine (C=N–C) groups is 1. The molecule has 4 rings (SSSR count). The first-order valence-electron chi connectivity index (χ1n) is 11.6. The van der Waals surface area contributed by atoms with Gasteiger partial charge in [-0.2, -0.15) is 4.98 Å². The predicted octanol–water partition coefficient (Wildman–Crippen LogP) is 3.98. The SMILES string of the molecule is COc1cc2[nH]c(N(C)Cc3cccc(/N=C(\C4CCC4)N(C)C)c3)nc(=O)c2c(OC)c1OC. The Morgan fingerprint density at radius 2 is 1.83 bits per heavy atom. The molecule has 0 atom stereocenters. The van der Waals surface area contributed by atoms with E-state index < -0.39 is 5.56 Å². The number of ether oxygens (including phenoxy) is 3. The molecule has 0 amide bonds. The number of nitrogens with zero attached hydrogens (tertiary/aromatic N) is 4.